The van der Waals surface area contributed by atoms with Gasteiger partial charge < -0.3 is 9.88 Å². The molecule has 6 nitrogen and oxygen atoms in total. The van der Waals surface area contributed by atoms with Gasteiger partial charge in [-0.3, -0.25) is 14.7 Å². The van der Waals surface area contributed by atoms with Crippen molar-refractivity contribution in [2.45, 2.75) is 6.54 Å². The van der Waals surface area contributed by atoms with Crippen LogP contribution in [-0.2, 0) is 6.54 Å². The quantitative estimate of drug-likeness (QED) is 0.706. The number of hydrogen-bond acceptors (Lipinski definition) is 5. The minimum Gasteiger partial charge on any atom is -0.353 e. The number of nitrogens with one attached hydrogen (secondary N) is 1. The second-order valence-corrected chi connectivity index (χ2v) is 7.50. The number of anilines is 1. The Kier molecular flexibility index (Phi) is 5.62. The first-order valence-electron chi connectivity index (χ1n) is 9.02. The smallest absolute Gasteiger partial charge is 0.272 e. The maximum absolute atomic E-state index is 12.3. The van der Waals surface area contributed by atoms with Crippen LogP contribution in [-0.4, -0.2) is 46.0 Å². The van der Waals surface area contributed by atoms with Crippen LogP contribution >= 0.6 is 23.2 Å². The molecule has 1 N–H and O–H groups in total. The van der Waals surface area contributed by atoms with Crippen molar-refractivity contribution in [1.29, 1.82) is 0 Å². The van der Waals surface area contributed by atoms with E-state index in [1.165, 1.54) is 5.56 Å². The fraction of sp³-hybridized carbons (Fsp3) is 0.250. The summed E-state index contributed by atoms with van der Waals surface area (Å²) in [6.07, 6.45) is 3.33. The summed E-state index contributed by atoms with van der Waals surface area (Å²) in [6, 6.07) is 11.5. The minimum absolute atomic E-state index is 0.126. The molecule has 3 heterocycles. The van der Waals surface area contributed by atoms with Gasteiger partial charge in [-0.15, -0.1) is 0 Å². The summed E-state index contributed by atoms with van der Waals surface area (Å²) < 4.78 is 0. The number of benzene rings is 1. The van der Waals surface area contributed by atoms with Gasteiger partial charge in [0.25, 0.3) is 5.56 Å². The third-order valence-electron chi connectivity index (χ3n) is 4.77. The largest absolute Gasteiger partial charge is 0.353 e. The van der Waals surface area contributed by atoms with E-state index in [1.54, 1.807) is 24.5 Å². The lowest BCUT2D eigenvalue weighted by Crippen LogP contribution is -2.46. The number of H-pyrrole nitrogens is 1. The standard InChI is InChI=1S/C20H19Cl2N5O/c21-16-3-1-2-14(12-16)13-26-8-10-27(11-9-26)19-17(22)20(28)25-18(24-19)15-4-6-23-7-5-15/h1-7,12H,8-11,13H2,(H,24,25,28). The first-order valence-corrected chi connectivity index (χ1v) is 9.78. The molecular formula is C20H19Cl2N5O. The van der Waals surface area contributed by atoms with Crippen molar-refractivity contribution in [2.24, 2.45) is 0 Å². The van der Waals surface area contributed by atoms with E-state index in [-0.39, 0.29) is 10.6 Å². The molecule has 1 aromatic carbocycles. The van der Waals surface area contributed by atoms with Crippen LogP contribution in [0.2, 0.25) is 10.0 Å². The van der Waals surface area contributed by atoms with E-state index >= 15 is 0 Å². The van der Waals surface area contributed by atoms with Crippen molar-refractivity contribution in [3.8, 4) is 11.4 Å². The van der Waals surface area contributed by atoms with E-state index in [2.05, 4.69) is 30.8 Å². The highest BCUT2D eigenvalue weighted by Gasteiger charge is 2.22. The van der Waals surface area contributed by atoms with Crippen LogP contribution in [0.3, 0.4) is 0 Å². The average Bonchev–Trinajstić information content (AvgIpc) is 2.71. The van der Waals surface area contributed by atoms with Gasteiger partial charge in [0.2, 0.25) is 0 Å². The summed E-state index contributed by atoms with van der Waals surface area (Å²) in [7, 11) is 0. The van der Waals surface area contributed by atoms with Gasteiger partial charge in [-0.1, -0.05) is 35.3 Å². The molecule has 0 saturated carbocycles. The van der Waals surface area contributed by atoms with Crippen LogP contribution in [0, 0.1) is 0 Å². The third kappa shape index (κ3) is 4.19. The number of nitrogens with zero attached hydrogens (tertiary/aromatic N) is 4. The van der Waals surface area contributed by atoms with Crippen molar-refractivity contribution >= 4 is 29.0 Å². The predicted octanol–water partition coefficient (Wildman–Crippen LogP) is 3.46. The van der Waals surface area contributed by atoms with E-state index < -0.39 is 0 Å². The lowest BCUT2D eigenvalue weighted by molar-refractivity contribution is 0.249. The average molecular weight is 416 g/mol. The van der Waals surface area contributed by atoms with Crippen LogP contribution in [0.1, 0.15) is 5.56 Å². The molecule has 0 atom stereocenters. The van der Waals surface area contributed by atoms with Gasteiger partial charge in [-0.05, 0) is 29.8 Å². The summed E-state index contributed by atoms with van der Waals surface area (Å²) in [5.74, 6) is 1.02. The molecule has 0 radical (unpaired) electrons. The second kappa shape index (κ2) is 8.31. The number of piperazine rings is 1. The Hall–Kier alpha value is -2.41. The topological polar surface area (TPSA) is 65.1 Å². The maximum atomic E-state index is 12.3. The van der Waals surface area contributed by atoms with Gasteiger partial charge in [0.15, 0.2) is 5.82 Å². The Morgan fingerprint density at radius 2 is 1.79 bits per heavy atom. The highest BCUT2D eigenvalue weighted by Crippen LogP contribution is 2.24. The molecule has 0 bridgehead atoms. The zero-order valence-corrected chi connectivity index (χ0v) is 16.6. The Bertz CT molecular complexity index is 1020. The summed E-state index contributed by atoms with van der Waals surface area (Å²) in [6.45, 7) is 4.02. The van der Waals surface area contributed by atoms with Gasteiger partial charge in [-0.25, -0.2) is 4.98 Å². The van der Waals surface area contributed by atoms with Gasteiger partial charge in [0, 0.05) is 55.7 Å². The molecule has 144 valence electrons. The van der Waals surface area contributed by atoms with Crippen LogP contribution in [0.25, 0.3) is 11.4 Å². The first kappa shape index (κ1) is 18.9. The Morgan fingerprint density at radius 3 is 2.50 bits per heavy atom. The third-order valence-corrected chi connectivity index (χ3v) is 5.34. The zero-order chi connectivity index (χ0) is 19.5. The number of aromatic nitrogens is 3. The Morgan fingerprint density at radius 1 is 1.04 bits per heavy atom. The molecular weight excluding hydrogens is 397 g/mol. The number of pyridine rings is 1. The van der Waals surface area contributed by atoms with E-state index in [1.807, 2.05) is 18.2 Å². The van der Waals surface area contributed by atoms with Crippen molar-refractivity contribution in [3.63, 3.8) is 0 Å². The molecule has 0 unspecified atom stereocenters. The van der Waals surface area contributed by atoms with Crippen LogP contribution in [0.5, 0.6) is 0 Å². The lowest BCUT2D eigenvalue weighted by Gasteiger charge is -2.35. The van der Waals surface area contributed by atoms with Gasteiger partial charge >= 0.3 is 0 Å². The molecule has 4 rings (SSSR count). The highest BCUT2D eigenvalue weighted by atomic mass is 35.5. The number of aromatic amines is 1. The van der Waals surface area contributed by atoms with Gasteiger partial charge in [-0.2, -0.15) is 0 Å². The monoisotopic (exact) mass is 415 g/mol. The molecule has 1 fully saturated rings. The van der Waals surface area contributed by atoms with E-state index in [0.717, 1.165) is 43.3 Å². The molecule has 2 aromatic heterocycles. The fourth-order valence-corrected chi connectivity index (χ4v) is 3.74. The van der Waals surface area contributed by atoms with Gasteiger partial charge in [0.05, 0.1) is 0 Å². The van der Waals surface area contributed by atoms with E-state index in [9.17, 15) is 4.79 Å². The number of halogens is 2. The first-order chi connectivity index (χ1) is 13.6. The van der Waals surface area contributed by atoms with Crippen molar-refractivity contribution < 1.29 is 0 Å². The molecule has 3 aromatic rings. The van der Waals surface area contributed by atoms with Crippen molar-refractivity contribution in [2.75, 3.05) is 31.1 Å². The normalized spacial score (nSPS) is 15.0. The fourth-order valence-electron chi connectivity index (χ4n) is 3.31. The van der Waals surface area contributed by atoms with Crippen LogP contribution < -0.4 is 10.5 Å². The molecule has 1 saturated heterocycles. The summed E-state index contributed by atoms with van der Waals surface area (Å²) in [4.78, 5) is 28.1. The Labute approximate surface area is 172 Å². The summed E-state index contributed by atoms with van der Waals surface area (Å²) in [5.41, 5.74) is 1.65. The van der Waals surface area contributed by atoms with Crippen LogP contribution in [0.15, 0.2) is 53.6 Å². The summed E-state index contributed by atoms with van der Waals surface area (Å²) >= 11 is 12.4. The molecule has 0 amide bonds. The van der Waals surface area contributed by atoms with E-state index in [4.69, 9.17) is 23.2 Å². The Balaban J connectivity index is 1.50. The number of hydrogen-bond donors (Lipinski definition) is 1. The molecule has 8 heteroatoms. The SMILES string of the molecule is O=c1[nH]c(-c2ccncc2)nc(N2CCN(Cc3cccc(Cl)c3)CC2)c1Cl. The molecule has 28 heavy (non-hydrogen) atoms. The minimum atomic E-state index is -0.333. The second-order valence-electron chi connectivity index (χ2n) is 6.68. The van der Waals surface area contributed by atoms with E-state index in [0.29, 0.717) is 11.6 Å². The number of rotatable bonds is 4. The molecule has 1 aliphatic heterocycles. The maximum Gasteiger partial charge on any atom is 0.272 e. The highest BCUT2D eigenvalue weighted by molar-refractivity contribution is 6.32. The molecule has 0 aliphatic carbocycles. The summed E-state index contributed by atoms with van der Waals surface area (Å²) in [5, 5.41) is 0.875. The van der Waals surface area contributed by atoms with Gasteiger partial charge in [0.1, 0.15) is 10.8 Å². The molecule has 1 aliphatic rings. The molecule has 0 spiro atoms. The zero-order valence-electron chi connectivity index (χ0n) is 15.1. The predicted molar refractivity (Wildman–Crippen MR) is 112 cm³/mol. The van der Waals surface area contributed by atoms with Crippen LogP contribution in [0.4, 0.5) is 5.82 Å². The van der Waals surface area contributed by atoms with Crippen molar-refractivity contribution in [1.82, 2.24) is 19.9 Å². The van der Waals surface area contributed by atoms with Crippen molar-refractivity contribution in [3.05, 3.63) is 74.8 Å². The lowest BCUT2D eigenvalue weighted by atomic mass is 10.2.